The Morgan fingerprint density at radius 1 is 1.11 bits per heavy atom. The number of nitrogens with one attached hydrogen (secondary N) is 2. The number of aromatic nitrogens is 1. The Bertz CT molecular complexity index is 1140. The van der Waals surface area contributed by atoms with Crippen molar-refractivity contribution >= 4 is 38.9 Å². The molecular weight excluding hydrogens is 405 g/mol. The van der Waals surface area contributed by atoms with Crippen LogP contribution in [0.5, 0.6) is 0 Å². The summed E-state index contributed by atoms with van der Waals surface area (Å²) in [6.07, 6.45) is 3.17. The number of hydrogen-bond donors (Lipinski definition) is 2. The third kappa shape index (κ3) is 4.47. The quantitative estimate of drug-likeness (QED) is 0.647. The first-order valence-corrected chi connectivity index (χ1v) is 9.92. The first kappa shape index (κ1) is 19.8. The van der Waals surface area contributed by atoms with Crippen molar-refractivity contribution < 1.29 is 17.6 Å². The van der Waals surface area contributed by atoms with Crippen LogP contribution in [0.2, 0.25) is 5.02 Å². The fourth-order valence-corrected chi connectivity index (χ4v) is 3.67. The van der Waals surface area contributed by atoms with Gasteiger partial charge in [-0.15, -0.1) is 0 Å². The van der Waals surface area contributed by atoms with Gasteiger partial charge < -0.3 is 5.32 Å². The number of pyridine rings is 1. The minimum absolute atomic E-state index is 0.173. The van der Waals surface area contributed by atoms with Gasteiger partial charge in [-0.25, -0.2) is 12.8 Å². The topological polar surface area (TPSA) is 88.2 Å². The SMILES string of the molecule is Cc1ccncc1NC(=O)c1ccc(NS(=O)(=O)c2ccc(F)c(Cl)c2)cc1. The van der Waals surface area contributed by atoms with Crippen LogP contribution in [0.15, 0.2) is 65.8 Å². The maximum Gasteiger partial charge on any atom is 0.261 e. The summed E-state index contributed by atoms with van der Waals surface area (Å²) in [5, 5.41) is 2.45. The molecule has 2 N–H and O–H groups in total. The lowest BCUT2D eigenvalue weighted by atomic mass is 10.2. The minimum atomic E-state index is -3.95. The molecule has 0 atom stereocenters. The number of carbonyl (C=O) groups excluding carboxylic acids is 1. The lowest BCUT2D eigenvalue weighted by Gasteiger charge is -2.10. The predicted molar refractivity (Wildman–Crippen MR) is 106 cm³/mol. The molecule has 0 aliphatic carbocycles. The molecule has 0 bridgehead atoms. The molecule has 1 heterocycles. The highest BCUT2D eigenvalue weighted by molar-refractivity contribution is 7.92. The fraction of sp³-hybridized carbons (Fsp3) is 0.0526. The van der Waals surface area contributed by atoms with Gasteiger partial charge in [0.2, 0.25) is 0 Å². The predicted octanol–water partition coefficient (Wildman–Crippen LogP) is 4.24. The van der Waals surface area contributed by atoms with Gasteiger partial charge in [-0.2, -0.15) is 0 Å². The van der Waals surface area contributed by atoms with Gasteiger partial charge in [0.1, 0.15) is 5.82 Å². The molecular formula is C19H15ClFN3O3S. The van der Waals surface area contributed by atoms with Crippen molar-refractivity contribution in [1.29, 1.82) is 0 Å². The minimum Gasteiger partial charge on any atom is -0.320 e. The van der Waals surface area contributed by atoms with Crippen LogP contribution >= 0.6 is 11.6 Å². The molecule has 0 saturated carbocycles. The van der Waals surface area contributed by atoms with E-state index in [0.717, 1.165) is 23.8 Å². The van der Waals surface area contributed by atoms with Gasteiger partial charge in [0.05, 0.1) is 21.8 Å². The molecule has 0 radical (unpaired) electrons. The number of rotatable bonds is 5. The molecule has 1 amide bonds. The molecule has 6 nitrogen and oxygen atoms in total. The highest BCUT2D eigenvalue weighted by atomic mass is 35.5. The van der Waals surface area contributed by atoms with E-state index in [1.165, 1.54) is 24.3 Å². The van der Waals surface area contributed by atoms with Crippen molar-refractivity contribution in [2.24, 2.45) is 0 Å². The molecule has 0 fully saturated rings. The summed E-state index contributed by atoms with van der Waals surface area (Å²) < 4.78 is 40.3. The van der Waals surface area contributed by atoms with Gasteiger partial charge in [-0.1, -0.05) is 11.6 Å². The normalized spacial score (nSPS) is 11.1. The van der Waals surface area contributed by atoms with E-state index in [4.69, 9.17) is 11.6 Å². The van der Waals surface area contributed by atoms with E-state index < -0.39 is 15.8 Å². The number of benzene rings is 2. The molecule has 3 rings (SSSR count). The molecule has 3 aromatic rings. The van der Waals surface area contributed by atoms with Crippen LogP contribution in [0.1, 0.15) is 15.9 Å². The molecule has 9 heteroatoms. The molecule has 0 saturated heterocycles. The zero-order chi connectivity index (χ0) is 20.3. The number of amides is 1. The van der Waals surface area contributed by atoms with E-state index in [-0.39, 0.29) is 21.5 Å². The lowest BCUT2D eigenvalue weighted by Crippen LogP contribution is -2.14. The summed E-state index contributed by atoms with van der Waals surface area (Å²) in [5.74, 6) is -1.06. The summed E-state index contributed by atoms with van der Waals surface area (Å²) in [4.78, 5) is 16.1. The number of halogens is 2. The maximum atomic E-state index is 13.2. The van der Waals surface area contributed by atoms with Crippen molar-refractivity contribution in [1.82, 2.24) is 4.98 Å². The molecule has 1 aromatic heterocycles. The van der Waals surface area contributed by atoms with Crippen LogP contribution in [-0.4, -0.2) is 19.3 Å². The van der Waals surface area contributed by atoms with Crippen LogP contribution in [-0.2, 0) is 10.0 Å². The Kier molecular flexibility index (Phi) is 5.62. The van der Waals surface area contributed by atoms with Crippen LogP contribution in [0.4, 0.5) is 15.8 Å². The standard InChI is InChI=1S/C19H15ClFN3O3S/c1-12-8-9-22-11-18(12)23-19(25)13-2-4-14(5-3-13)24-28(26,27)15-6-7-17(21)16(20)10-15/h2-11,24H,1H3,(H,23,25). The Balaban J connectivity index is 1.74. The first-order valence-electron chi connectivity index (χ1n) is 8.06. The van der Waals surface area contributed by atoms with E-state index in [0.29, 0.717) is 11.3 Å². The van der Waals surface area contributed by atoms with Crippen LogP contribution in [0.3, 0.4) is 0 Å². The van der Waals surface area contributed by atoms with Crippen LogP contribution in [0.25, 0.3) is 0 Å². The molecule has 0 spiro atoms. The Labute approximate surface area is 166 Å². The first-order chi connectivity index (χ1) is 13.3. The zero-order valence-electron chi connectivity index (χ0n) is 14.6. The molecule has 0 unspecified atom stereocenters. The van der Waals surface area contributed by atoms with Crippen molar-refractivity contribution in [2.45, 2.75) is 11.8 Å². The van der Waals surface area contributed by atoms with Gasteiger partial charge in [0.25, 0.3) is 15.9 Å². The molecule has 2 aromatic carbocycles. The van der Waals surface area contributed by atoms with Crippen molar-refractivity contribution in [2.75, 3.05) is 10.0 Å². The fourth-order valence-electron chi connectivity index (χ4n) is 2.34. The Morgan fingerprint density at radius 3 is 2.46 bits per heavy atom. The average molecular weight is 420 g/mol. The van der Waals surface area contributed by atoms with Gasteiger partial charge in [0, 0.05) is 17.4 Å². The van der Waals surface area contributed by atoms with Gasteiger partial charge >= 0.3 is 0 Å². The number of aryl methyl sites for hydroxylation is 1. The molecule has 0 aliphatic rings. The molecule has 28 heavy (non-hydrogen) atoms. The summed E-state index contributed by atoms with van der Waals surface area (Å²) in [6.45, 7) is 1.84. The zero-order valence-corrected chi connectivity index (χ0v) is 16.2. The average Bonchev–Trinajstić information content (AvgIpc) is 2.66. The second-order valence-electron chi connectivity index (χ2n) is 5.90. The smallest absolute Gasteiger partial charge is 0.261 e. The van der Waals surface area contributed by atoms with Crippen molar-refractivity contribution in [3.8, 4) is 0 Å². The second-order valence-corrected chi connectivity index (χ2v) is 7.99. The van der Waals surface area contributed by atoms with Crippen LogP contribution < -0.4 is 10.0 Å². The number of anilines is 2. The van der Waals surface area contributed by atoms with E-state index in [2.05, 4.69) is 15.0 Å². The van der Waals surface area contributed by atoms with Gasteiger partial charge in [-0.3, -0.25) is 14.5 Å². The Morgan fingerprint density at radius 2 is 1.82 bits per heavy atom. The summed E-state index contributed by atoms with van der Waals surface area (Å²) in [7, 11) is -3.95. The molecule has 144 valence electrons. The van der Waals surface area contributed by atoms with Gasteiger partial charge in [0.15, 0.2) is 0 Å². The third-order valence-corrected chi connectivity index (χ3v) is 5.56. The summed E-state index contributed by atoms with van der Waals surface area (Å²) in [6, 6.07) is 10.8. The van der Waals surface area contributed by atoms with E-state index in [1.54, 1.807) is 18.5 Å². The van der Waals surface area contributed by atoms with Crippen molar-refractivity contribution in [3.05, 3.63) is 82.9 Å². The lowest BCUT2D eigenvalue weighted by molar-refractivity contribution is 0.102. The van der Waals surface area contributed by atoms with E-state index >= 15 is 0 Å². The number of nitrogens with zero attached hydrogens (tertiary/aromatic N) is 1. The highest BCUT2D eigenvalue weighted by Crippen LogP contribution is 2.22. The number of sulfonamides is 1. The van der Waals surface area contributed by atoms with Crippen molar-refractivity contribution in [3.63, 3.8) is 0 Å². The second kappa shape index (κ2) is 7.95. The van der Waals surface area contributed by atoms with E-state index in [9.17, 15) is 17.6 Å². The maximum absolute atomic E-state index is 13.2. The Hall–Kier alpha value is -2.97. The third-order valence-electron chi connectivity index (χ3n) is 3.89. The number of carbonyl (C=O) groups is 1. The highest BCUT2D eigenvalue weighted by Gasteiger charge is 2.16. The van der Waals surface area contributed by atoms with E-state index in [1.807, 2.05) is 6.92 Å². The monoisotopic (exact) mass is 419 g/mol. The van der Waals surface area contributed by atoms with Crippen LogP contribution in [0, 0.1) is 12.7 Å². The summed E-state index contributed by atoms with van der Waals surface area (Å²) >= 11 is 5.64. The van der Waals surface area contributed by atoms with Gasteiger partial charge in [-0.05, 0) is 61.0 Å². The number of hydrogen-bond acceptors (Lipinski definition) is 4. The largest absolute Gasteiger partial charge is 0.320 e. The molecule has 0 aliphatic heterocycles. The summed E-state index contributed by atoms with van der Waals surface area (Å²) in [5.41, 5.74) is 2.04.